The Labute approximate surface area is 156 Å². The largest absolute Gasteiger partial charge is 0.395 e. The molecule has 0 fully saturated rings. The average molecular weight is 374 g/mol. The van der Waals surface area contributed by atoms with Crippen molar-refractivity contribution in [2.75, 3.05) is 26.3 Å². The van der Waals surface area contributed by atoms with Gasteiger partial charge in [-0.3, -0.25) is 4.79 Å². The van der Waals surface area contributed by atoms with Crippen LogP contribution in [0.3, 0.4) is 0 Å². The Hall–Kier alpha value is -2.41. The zero-order chi connectivity index (χ0) is 18.5. The molecule has 3 rings (SSSR count). The van der Waals surface area contributed by atoms with Crippen LogP contribution in [0.25, 0.3) is 16.9 Å². The summed E-state index contributed by atoms with van der Waals surface area (Å²) in [6.07, 6.45) is 1.98. The zero-order valence-electron chi connectivity index (χ0n) is 14.2. The predicted octanol–water partition coefficient (Wildman–Crippen LogP) is 2.01. The first-order valence-electron chi connectivity index (χ1n) is 8.35. The molecule has 1 aromatic carbocycles. The van der Waals surface area contributed by atoms with Crippen LogP contribution in [0.5, 0.6) is 0 Å². The van der Waals surface area contributed by atoms with Gasteiger partial charge in [-0.1, -0.05) is 29.8 Å². The van der Waals surface area contributed by atoms with Crippen molar-refractivity contribution in [3.8, 4) is 11.3 Å². The fraction of sp³-hybridized carbons (Fsp3) is 0.263. The van der Waals surface area contributed by atoms with Gasteiger partial charge in [-0.15, -0.1) is 0 Å². The molecule has 0 unspecified atom stereocenters. The minimum atomic E-state index is -0.172. The van der Waals surface area contributed by atoms with Crippen LogP contribution in [0.2, 0.25) is 5.02 Å². The molecule has 2 heterocycles. The number of carbonyl (C=O) groups excluding carboxylic acids is 1. The van der Waals surface area contributed by atoms with Crippen LogP contribution in [-0.2, 0) is 11.2 Å². The topological polar surface area (TPSA) is 78.1 Å². The standard InChI is InChI=1S/C19H20ClN3O3/c20-15-6-4-14(5-7-15)19-16(23-8-2-1-3-17(23)21-19)13-18(26)22(9-11-24)10-12-25/h1-8,24-25H,9-13H2. The SMILES string of the molecule is O=C(Cc1c(-c2ccc(Cl)cc2)nc2ccccn12)N(CCO)CCO. The number of nitrogens with zero attached hydrogens (tertiary/aromatic N) is 3. The van der Waals surface area contributed by atoms with Crippen LogP contribution in [0.15, 0.2) is 48.7 Å². The molecule has 0 bridgehead atoms. The molecule has 0 atom stereocenters. The van der Waals surface area contributed by atoms with Crippen LogP contribution < -0.4 is 0 Å². The van der Waals surface area contributed by atoms with Gasteiger partial charge in [0.25, 0.3) is 0 Å². The Morgan fingerprint density at radius 1 is 1.08 bits per heavy atom. The van der Waals surface area contributed by atoms with Crippen LogP contribution >= 0.6 is 11.6 Å². The van der Waals surface area contributed by atoms with Crippen molar-refractivity contribution in [2.45, 2.75) is 6.42 Å². The number of aliphatic hydroxyl groups excluding tert-OH is 2. The number of halogens is 1. The predicted molar refractivity (Wildman–Crippen MR) is 100 cm³/mol. The number of carbonyl (C=O) groups is 1. The van der Waals surface area contributed by atoms with Gasteiger partial charge < -0.3 is 19.5 Å². The van der Waals surface area contributed by atoms with Crippen LogP contribution in [-0.4, -0.2) is 56.7 Å². The number of amides is 1. The third kappa shape index (κ3) is 3.88. The van der Waals surface area contributed by atoms with E-state index in [2.05, 4.69) is 4.98 Å². The number of rotatable bonds is 7. The molecular formula is C19H20ClN3O3. The minimum absolute atomic E-state index is 0.114. The van der Waals surface area contributed by atoms with Crippen molar-refractivity contribution < 1.29 is 15.0 Å². The van der Waals surface area contributed by atoms with Gasteiger partial charge in [0.1, 0.15) is 5.65 Å². The molecular weight excluding hydrogens is 354 g/mol. The van der Waals surface area contributed by atoms with E-state index in [0.717, 1.165) is 16.9 Å². The second-order valence-corrected chi connectivity index (χ2v) is 6.28. The quantitative estimate of drug-likeness (QED) is 0.664. The van der Waals surface area contributed by atoms with E-state index >= 15 is 0 Å². The maximum absolute atomic E-state index is 12.7. The van der Waals surface area contributed by atoms with E-state index in [-0.39, 0.29) is 38.6 Å². The van der Waals surface area contributed by atoms with Crippen molar-refractivity contribution in [1.82, 2.24) is 14.3 Å². The third-order valence-electron chi connectivity index (χ3n) is 4.16. The molecule has 0 aliphatic heterocycles. The highest BCUT2D eigenvalue weighted by molar-refractivity contribution is 6.30. The van der Waals surface area contributed by atoms with Gasteiger partial charge in [-0.25, -0.2) is 4.98 Å². The number of imidazole rings is 1. The van der Waals surface area contributed by atoms with Gasteiger partial charge in [0.2, 0.25) is 5.91 Å². The van der Waals surface area contributed by atoms with Crippen molar-refractivity contribution in [3.63, 3.8) is 0 Å². The number of aromatic nitrogens is 2. The first kappa shape index (κ1) is 18.4. The number of hydrogen-bond donors (Lipinski definition) is 2. The lowest BCUT2D eigenvalue weighted by molar-refractivity contribution is -0.131. The summed E-state index contributed by atoms with van der Waals surface area (Å²) in [5, 5.41) is 19.0. The summed E-state index contributed by atoms with van der Waals surface area (Å²) >= 11 is 5.98. The highest BCUT2D eigenvalue weighted by atomic mass is 35.5. The van der Waals surface area contributed by atoms with Crippen molar-refractivity contribution in [2.24, 2.45) is 0 Å². The Morgan fingerprint density at radius 2 is 1.77 bits per heavy atom. The minimum Gasteiger partial charge on any atom is -0.395 e. The molecule has 7 heteroatoms. The molecule has 6 nitrogen and oxygen atoms in total. The molecule has 3 aromatic rings. The normalized spacial score (nSPS) is 11.0. The number of benzene rings is 1. The first-order chi connectivity index (χ1) is 12.6. The molecule has 26 heavy (non-hydrogen) atoms. The molecule has 1 amide bonds. The fourth-order valence-corrected chi connectivity index (χ4v) is 3.04. The van der Waals surface area contributed by atoms with Crippen LogP contribution in [0.1, 0.15) is 5.69 Å². The number of hydrogen-bond acceptors (Lipinski definition) is 4. The highest BCUT2D eigenvalue weighted by Crippen LogP contribution is 2.26. The van der Waals surface area contributed by atoms with Crippen LogP contribution in [0.4, 0.5) is 0 Å². The van der Waals surface area contributed by atoms with Crippen LogP contribution in [0, 0.1) is 0 Å². The lowest BCUT2D eigenvalue weighted by Crippen LogP contribution is -2.37. The van der Waals surface area contributed by atoms with E-state index in [4.69, 9.17) is 21.8 Å². The lowest BCUT2D eigenvalue weighted by Gasteiger charge is -2.20. The maximum atomic E-state index is 12.7. The van der Waals surface area contributed by atoms with Gasteiger partial charge in [0, 0.05) is 29.9 Å². The summed E-state index contributed by atoms with van der Waals surface area (Å²) in [7, 11) is 0. The fourth-order valence-electron chi connectivity index (χ4n) is 2.91. The van der Waals surface area contributed by atoms with Gasteiger partial charge in [0.05, 0.1) is 31.0 Å². The Bertz CT molecular complexity index is 887. The maximum Gasteiger partial charge on any atom is 0.228 e. The van der Waals surface area contributed by atoms with Gasteiger partial charge in [-0.2, -0.15) is 0 Å². The molecule has 2 aromatic heterocycles. The average Bonchev–Trinajstić information content (AvgIpc) is 3.01. The Balaban J connectivity index is 2.01. The molecule has 0 radical (unpaired) electrons. The number of aliphatic hydroxyl groups is 2. The summed E-state index contributed by atoms with van der Waals surface area (Å²) in [6, 6.07) is 13.0. The Morgan fingerprint density at radius 3 is 2.42 bits per heavy atom. The van der Waals surface area contributed by atoms with E-state index in [9.17, 15) is 4.79 Å². The molecule has 0 aliphatic carbocycles. The summed E-state index contributed by atoms with van der Waals surface area (Å²) in [5.74, 6) is -0.172. The summed E-state index contributed by atoms with van der Waals surface area (Å²) in [4.78, 5) is 18.8. The second-order valence-electron chi connectivity index (χ2n) is 5.85. The highest BCUT2D eigenvalue weighted by Gasteiger charge is 2.20. The molecule has 0 saturated heterocycles. The molecule has 136 valence electrons. The van der Waals surface area contributed by atoms with Gasteiger partial charge in [0.15, 0.2) is 0 Å². The molecule has 0 saturated carbocycles. The first-order valence-corrected chi connectivity index (χ1v) is 8.73. The number of fused-ring (bicyclic) bond motifs is 1. The molecule has 2 N–H and O–H groups in total. The monoisotopic (exact) mass is 373 g/mol. The molecule has 0 aliphatic rings. The second kappa shape index (κ2) is 8.31. The smallest absolute Gasteiger partial charge is 0.228 e. The zero-order valence-corrected chi connectivity index (χ0v) is 14.9. The van der Waals surface area contributed by atoms with Gasteiger partial charge >= 0.3 is 0 Å². The summed E-state index contributed by atoms with van der Waals surface area (Å²) in [6.45, 7) is 0.0741. The van der Waals surface area contributed by atoms with E-state index in [1.807, 2.05) is 40.9 Å². The van der Waals surface area contributed by atoms with Crippen molar-refractivity contribution >= 4 is 23.2 Å². The number of pyridine rings is 1. The van der Waals surface area contributed by atoms with E-state index in [1.54, 1.807) is 12.1 Å². The Kier molecular flexibility index (Phi) is 5.88. The molecule has 0 spiro atoms. The summed E-state index contributed by atoms with van der Waals surface area (Å²) < 4.78 is 1.89. The van der Waals surface area contributed by atoms with E-state index in [1.165, 1.54) is 4.90 Å². The summed E-state index contributed by atoms with van der Waals surface area (Å²) in [5.41, 5.74) is 3.09. The lowest BCUT2D eigenvalue weighted by atomic mass is 10.1. The third-order valence-corrected chi connectivity index (χ3v) is 4.41. The van der Waals surface area contributed by atoms with Crippen molar-refractivity contribution in [3.05, 3.63) is 59.4 Å². The van der Waals surface area contributed by atoms with Crippen molar-refractivity contribution in [1.29, 1.82) is 0 Å². The van der Waals surface area contributed by atoms with E-state index in [0.29, 0.717) is 10.7 Å². The van der Waals surface area contributed by atoms with E-state index < -0.39 is 0 Å². The van der Waals surface area contributed by atoms with Gasteiger partial charge in [-0.05, 0) is 24.3 Å².